The van der Waals surface area contributed by atoms with Gasteiger partial charge in [-0.15, -0.1) is 0 Å². The van der Waals surface area contributed by atoms with Gasteiger partial charge in [-0.25, -0.2) is 4.79 Å². The van der Waals surface area contributed by atoms with E-state index in [0.29, 0.717) is 5.69 Å². The van der Waals surface area contributed by atoms with Gasteiger partial charge in [-0.2, -0.15) is 18.3 Å². The minimum atomic E-state index is -4.67. The van der Waals surface area contributed by atoms with Gasteiger partial charge < -0.3 is 15.3 Å². The van der Waals surface area contributed by atoms with Gasteiger partial charge in [0.05, 0.1) is 17.6 Å². The molecular formula is C15H23F3N4O2. The van der Waals surface area contributed by atoms with Crippen LogP contribution in [0.15, 0.2) is 6.20 Å². The molecule has 0 saturated carbocycles. The number of aromatic nitrogens is 2. The van der Waals surface area contributed by atoms with Gasteiger partial charge in [-0.1, -0.05) is 13.3 Å². The molecule has 2 heterocycles. The number of alkyl halides is 3. The summed E-state index contributed by atoms with van der Waals surface area (Å²) in [7, 11) is 0. The van der Waals surface area contributed by atoms with Crippen LogP contribution in [0.4, 0.5) is 23.7 Å². The van der Waals surface area contributed by atoms with Crippen LogP contribution in [-0.2, 0) is 6.54 Å². The molecule has 2 rings (SSSR count). The molecule has 9 heteroatoms. The molecule has 24 heavy (non-hydrogen) atoms. The van der Waals surface area contributed by atoms with E-state index < -0.39 is 30.7 Å². The third-order valence-electron chi connectivity index (χ3n) is 4.47. The molecule has 0 aliphatic carbocycles. The molecule has 2 N–H and O–H groups in total. The normalized spacial score (nSPS) is 17.8. The van der Waals surface area contributed by atoms with Crippen molar-refractivity contribution in [2.24, 2.45) is 0 Å². The standard InChI is InChI=1S/C15H23F3N4O2/c1-3-4-7-22-11(2)12(10-19-22)20-13(23)21-8-5-14(24,6-9-21)15(16,17)18/h10,24H,3-9H2,1-2H3,(H,20,23). The number of hydrogen-bond acceptors (Lipinski definition) is 3. The molecular weight excluding hydrogens is 325 g/mol. The van der Waals surface area contributed by atoms with Crippen LogP contribution in [0.25, 0.3) is 0 Å². The summed E-state index contributed by atoms with van der Waals surface area (Å²) in [5.41, 5.74) is -1.35. The number of piperidine rings is 1. The largest absolute Gasteiger partial charge is 0.417 e. The highest BCUT2D eigenvalue weighted by Crippen LogP contribution is 2.38. The smallest absolute Gasteiger partial charge is 0.380 e. The van der Waals surface area contributed by atoms with Gasteiger partial charge in [0.2, 0.25) is 0 Å². The minimum absolute atomic E-state index is 0.148. The van der Waals surface area contributed by atoms with Crippen LogP contribution in [0.5, 0.6) is 0 Å². The van der Waals surface area contributed by atoms with E-state index in [4.69, 9.17) is 0 Å². The van der Waals surface area contributed by atoms with Crippen LogP contribution in [0.3, 0.4) is 0 Å². The number of aliphatic hydroxyl groups is 1. The third kappa shape index (κ3) is 3.82. The molecule has 1 aliphatic rings. The Labute approximate surface area is 138 Å². The summed E-state index contributed by atoms with van der Waals surface area (Å²) in [6.07, 6.45) is -2.17. The van der Waals surface area contributed by atoms with Gasteiger partial charge in [0.25, 0.3) is 0 Å². The first-order valence-electron chi connectivity index (χ1n) is 8.05. The maximum absolute atomic E-state index is 12.8. The first-order chi connectivity index (χ1) is 11.2. The third-order valence-corrected chi connectivity index (χ3v) is 4.47. The summed E-state index contributed by atoms with van der Waals surface area (Å²) in [5, 5.41) is 16.5. The number of halogens is 3. The van der Waals surface area contributed by atoms with Crippen molar-refractivity contribution in [3.8, 4) is 0 Å². The number of carbonyl (C=O) groups excluding carboxylic acids is 1. The Morgan fingerprint density at radius 3 is 2.58 bits per heavy atom. The maximum atomic E-state index is 12.8. The van der Waals surface area contributed by atoms with Crippen molar-refractivity contribution >= 4 is 11.7 Å². The lowest BCUT2D eigenvalue weighted by molar-refractivity contribution is -0.271. The number of urea groups is 1. The predicted octanol–water partition coefficient (Wildman–Crippen LogP) is 2.91. The first-order valence-corrected chi connectivity index (χ1v) is 8.05. The van der Waals surface area contributed by atoms with Gasteiger partial charge in [0.1, 0.15) is 0 Å². The van der Waals surface area contributed by atoms with Gasteiger partial charge in [0.15, 0.2) is 5.60 Å². The molecule has 1 fully saturated rings. The van der Waals surface area contributed by atoms with E-state index in [1.807, 2.05) is 6.92 Å². The number of hydrogen-bond donors (Lipinski definition) is 2. The monoisotopic (exact) mass is 348 g/mol. The molecule has 1 saturated heterocycles. The Morgan fingerprint density at radius 1 is 1.42 bits per heavy atom. The van der Waals surface area contributed by atoms with Gasteiger partial charge in [0, 0.05) is 32.5 Å². The van der Waals surface area contributed by atoms with Crippen molar-refractivity contribution in [1.82, 2.24) is 14.7 Å². The molecule has 0 bridgehead atoms. The van der Waals surface area contributed by atoms with E-state index in [1.165, 1.54) is 4.90 Å². The second kappa shape index (κ2) is 7.00. The van der Waals surface area contributed by atoms with Crippen molar-refractivity contribution in [2.45, 2.75) is 57.9 Å². The molecule has 0 unspecified atom stereocenters. The zero-order chi connectivity index (χ0) is 18.0. The van der Waals surface area contributed by atoms with Crippen molar-refractivity contribution in [3.63, 3.8) is 0 Å². The van der Waals surface area contributed by atoms with E-state index >= 15 is 0 Å². The van der Waals surface area contributed by atoms with Gasteiger partial charge >= 0.3 is 12.2 Å². The summed E-state index contributed by atoms with van der Waals surface area (Å²) >= 11 is 0. The Morgan fingerprint density at radius 2 is 2.04 bits per heavy atom. The lowest BCUT2D eigenvalue weighted by Gasteiger charge is -2.38. The predicted molar refractivity (Wildman–Crippen MR) is 82.7 cm³/mol. The second-order valence-electron chi connectivity index (χ2n) is 6.17. The summed E-state index contributed by atoms with van der Waals surface area (Å²) in [6, 6.07) is -0.475. The summed E-state index contributed by atoms with van der Waals surface area (Å²) in [6.45, 7) is 4.35. The fraction of sp³-hybridized carbons (Fsp3) is 0.733. The highest BCUT2D eigenvalue weighted by atomic mass is 19.4. The molecule has 136 valence electrons. The number of nitrogens with zero attached hydrogens (tertiary/aromatic N) is 3. The number of anilines is 1. The molecule has 1 aromatic heterocycles. The minimum Gasteiger partial charge on any atom is -0.380 e. The molecule has 2 amide bonds. The Balaban J connectivity index is 1.94. The zero-order valence-corrected chi connectivity index (χ0v) is 13.9. The fourth-order valence-electron chi connectivity index (χ4n) is 2.66. The van der Waals surface area contributed by atoms with Gasteiger partial charge in [-0.05, 0) is 13.3 Å². The number of rotatable bonds is 4. The number of likely N-dealkylation sites (tertiary alicyclic amines) is 1. The van der Waals surface area contributed by atoms with Crippen molar-refractivity contribution in [2.75, 3.05) is 18.4 Å². The van der Waals surface area contributed by atoms with Gasteiger partial charge in [-0.3, -0.25) is 4.68 Å². The Hall–Kier alpha value is -1.77. The Bertz CT molecular complexity index is 578. The summed E-state index contributed by atoms with van der Waals surface area (Å²) in [5.74, 6) is 0. The SMILES string of the molecule is CCCCn1ncc(NC(=O)N2CCC(O)(C(F)(F)F)CC2)c1C. The fourth-order valence-corrected chi connectivity index (χ4v) is 2.66. The van der Waals surface area contributed by atoms with Crippen LogP contribution in [0.1, 0.15) is 38.3 Å². The summed E-state index contributed by atoms with van der Waals surface area (Å²) in [4.78, 5) is 13.5. The molecule has 0 spiro atoms. The maximum Gasteiger partial charge on any atom is 0.417 e. The second-order valence-corrected chi connectivity index (χ2v) is 6.17. The number of aryl methyl sites for hydroxylation is 1. The zero-order valence-electron chi connectivity index (χ0n) is 13.9. The lowest BCUT2D eigenvalue weighted by atomic mass is 9.91. The molecule has 6 nitrogen and oxygen atoms in total. The Kier molecular flexibility index (Phi) is 5.42. The van der Waals surface area contributed by atoms with Crippen molar-refractivity contribution < 1.29 is 23.1 Å². The van der Waals surface area contributed by atoms with E-state index in [1.54, 1.807) is 10.9 Å². The van der Waals surface area contributed by atoms with Crippen LogP contribution in [0.2, 0.25) is 0 Å². The number of nitrogens with one attached hydrogen (secondary N) is 1. The van der Waals surface area contributed by atoms with Crippen molar-refractivity contribution in [3.05, 3.63) is 11.9 Å². The van der Waals surface area contributed by atoms with Crippen LogP contribution >= 0.6 is 0 Å². The number of carbonyl (C=O) groups is 1. The number of unbranched alkanes of at least 4 members (excludes halogenated alkanes) is 1. The highest BCUT2D eigenvalue weighted by Gasteiger charge is 2.54. The molecule has 0 atom stereocenters. The average Bonchev–Trinajstić information content (AvgIpc) is 2.85. The molecule has 0 radical (unpaired) electrons. The number of amides is 2. The topological polar surface area (TPSA) is 70.4 Å². The average molecular weight is 348 g/mol. The van der Waals surface area contributed by atoms with Crippen molar-refractivity contribution in [1.29, 1.82) is 0 Å². The van der Waals surface area contributed by atoms with Crippen LogP contribution < -0.4 is 5.32 Å². The highest BCUT2D eigenvalue weighted by molar-refractivity contribution is 5.89. The molecule has 0 aromatic carbocycles. The first kappa shape index (κ1) is 18.6. The van der Waals surface area contributed by atoms with E-state index in [0.717, 1.165) is 25.1 Å². The molecule has 1 aromatic rings. The summed E-state index contributed by atoms with van der Waals surface area (Å²) < 4.78 is 40.1. The lowest BCUT2D eigenvalue weighted by Crippen LogP contribution is -2.55. The molecule has 1 aliphatic heterocycles. The van der Waals surface area contributed by atoms with E-state index in [2.05, 4.69) is 17.3 Å². The van der Waals surface area contributed by atoms with Crippen LogP contribution in [0, 0.1) is 6.92 Å². The quantitative estimate of drug-likeness (QED) is 0.879. The van der Waals surface area contributed by atoms with E-state index in [-0.39, 0.29) is 13.1 Å². The van der Waals surface area contributed by atoms with Crippen LogP contribution in [-0.4, -0.2) is 50.7 Å². The van der Waals surface area contributed by atoms with E-state index in [9.17, 15) is 23.1 Å².